The minimum absolute atomic E-state index is 0.257. The van der Waals surface area contributed by atoms with Crippen molar-refractivity contribution in [3.05, 3.63) is 87.9 Å². The van der Waals surface area contributed by atoms with Gasteiger partial charge in [-0.25, -0.2) is 0 Å². The molecule has 2 aromatic carbocycles. The van der Waals surface area contributed by atoms with Gasteiger partial charge in [0.1, 0.15) is 5.76 Å². The summed E-state index contributed by atoms with van der Waals surface area (Å²) in [7, 11) is 1.56. The molecule has 4 aromatic rings. The first-order valence-electron chi connectivity index (χ1n) is 8.80. The van der Waals surface area contributed by atoms with Crippen LogP contribution < -0.4 is 10.1 Å². The van der Waals surface area contributed by atoms with Crippen LogP contribution in [0.2, 0.25) is 10.0 Å². The Kier molecular flexibility index (Phi) is 5.43. The highest BCUT2D eigenvalue weighted by Crippen LogP contribution is 2.34. The molecule has 5 nitrogen and oxygen atoms in total. The number of benzene rings is 2. The number of carbonyl (C=O) groups excluding carboxylic acids is 1. The lowest BCUT2D eigenvalue weighted by Gasteiger charge is -2.10. The smallest absolute Gasteiger partial charge is 0.256 e. The van der Waals surface area contributed by atoms with E-state index in [2.05, 4.69) is 10.3 Å². The second kappa shape index (κ2) is 8.15. The summed E-state index contributed by atoms with van der Waals surface area (Å²) in [6.45, 7) is 0. The van der Waals surface area contributed by atoms with Gasteiger partial charge in [0.15, 0.2) is 11.3 Å². The molecule has 0 spiro atoms. The van der Waals surface area contributed by atoms with E-state index in [0.717, 1.165) is 11.3 Å². The summed E-state index contributed by atoms with van der Waals surface area (Å²) in [5.74, 6) is 0.917. The second-order valence-electron chi connectivity index (χ2n) is 6.37. The molecule has 0 aliphatic carbocycles. The minimum Gasteiger partial charge on any atom is -0.493 e. The highest BCUT2D eigenvalue weighted by Gasteiger charge is 2.19. The number of methoxy groups -OCH3 is 1. The average Bonchev–Trinajstić information content (AvgIpc) is 3.14. The normalized spacial score (nSPS) is 10.9. The van der Waals surface area contributed by atoms with E-state index in [9.17, 15) is 4.79 Å². The monoisotopic (exact) mass is 426 g/mol. The van der Waals surface area contributed by atoms with Crippen LogP contribution in [0.4, 0.5) is 5.69 Å². The number of rotatable bonds is 5. The number of nitrogens with zero attached hydrogens (tertiary/aromatic N) is 1. The number of anilines is 1. The van der Waals surface area contributed by atoms with Crippen LogP contribution in [0.25, 0.3) is 11.0 Å². The lowest BCUT2D eigenvalue weighted by molar-refractivity contribution is 0.102. The van der Waals surface area contributed by atoms with Crippen molar-refractivity contribution in [3.8, 4) is 5.75 Å². The highest BCUT2D eigenvalue weighted by atomic mass is 35.5. The third-order valence-corrected chi connectivity index (χ3v) is 5.05. The van der Waals surface area contributed by atoms with Crippen LogP contribution in [0.15, 0.2) is 65.3 Å². The number of halogens is 2. The molecule has 4 rings (SSSR count). The number of furan rings is 1. The molecule has 2 aromatic heterocycles. The molecular formula is C22H16Cl2N2O3. The van der Waals surface area contributed by atoms with E-state index in [1.165, 1.54) is 12.4 Å². The number of pyridine rings is 1. The Balaban J connectivity index is 1.73. The predicted molar refractivity (Wildman–Crippen MR) is 114 cm³/mol. The fourth-order valence-corrected chi connectivity index (χ4v) is 3.56. The second-order valence-corrected chi connectivity index (χ2v) is 7.18. The first-order valence-corrected chi connectivity index (χ1v) is 9.56. The number of hydrogen-bond donors (Lipinski definition) is 1. The largest absolute Gasteiger partial charge is 0.493 e. The fourth-order valence-electron chi connectivity index (χ4n) is 3.10. The predicted octanol–water partition coefficient (Wildman–Crippen LogP) is 5.99. The summed E-state index contributed by atoms with van der Waals surface area (Å²) < 4.78 is 11.4. The van der Waals surface area contributed by atoms with E-state index in [1.54, 1.807) is 19.2 Å². The van der Waals surface area contributed by atoms with Crippen molar-refractivity contribution < 1.29 is 13.9 Å². The Bertz CT molecular complexity index is 1170. The van der Waals surface area contributed by atoms with Crippen molar-refractivity contribution in [1.29, 1.82) is 0 Å². The summed E-state index contributed by atoms with van der Waals surface area (Å²) in [5.41, 5.74) is 2.35. The van der Waals surface area contributed by atoms with Gasteiger partial charge in [0.25, 0.3) is 5.91 Å². The van der Waals surface area contributed by atoms with E-state index in [-0.39, 0.29) is 16.0 Å². The molecule has 146 valence electrons. The lowest BCUT2D eigenvalue weighted by atomic mass is 10.1. The van der Waals surface area contributed by atoms with Gasteiger partial charge in [-0.1, -0.05) is 53.5 Å². The van der Waals surface area contributed by atoms with Gasteiger partial charge in [-0.15, -0.1) is 0 Å². The van der Waals surface area contributed by atoms with Crippen molar-refractivity contribution in [2.75, 3.05) is 12.4 Å². The van der Waals surface area contributed by atoms with E-state index < -0.39 is 0 Å². The first-order chi connectivity index (χ1) is 14.1. The molecule has 0 fully saturated rings. The van der Waals surface area contributed by atoms with Crippen LogP contribution in [-0.4, -0.2) is 18.0 Å². The summed E-state index contributed by atoms with van der Waals surface area (Å²) in [5, 5.41) is 3.92. The number of amides is 1. The van der Waals surface area contributed by atoms with E-state index in [4.69, 9.17) is 32.4 Å². The van der Waals surface area contributed by atoms with E-state index in [1.807, 2.05) is 36.4 Å². The molecular weight excluding hydrogens is 411 g/mol. The molecule has 7 heteroatoms. The Morgan fingerprint density at radius 3 is 2.52 bits per heavy atom. The van der Waals surface area contributed by atoms with Crippen LogP contribution in [0, 0.1) is 0 Å². The lowest BCUT2D eigenvalue weighted by Crippen LogP contribution is -2.13. The third-order valence-electron chi connectivity index (χ3n) is 4.48. The standard InChI is InChI=1S/C22H16Cl2N2O3/c1-28-19-8-7-15(22(27)26-20-17(23)11-25-12-18(20)24)16-10-14(29-21(16)19)9-13-5-3-2-4-6-13/h2-8,10-12H,9H2,1H3,(H,25,26,27). The Labute approximate surface area is 177 Å². The SMILES string of the molecule is COc1ccc(C(=O)Nc2c(Cl)cncc2Cl)c2cc(Cc3ccccc3)oc12. The van der Waals surface area contributed by atoms with Crippen LogP contribution in [-0.2, 0) is 6.42 Å². The third kappa shape index (κ3) is 3.92. The molecule has 0 atom stereocenters. The highest BCUT2D eigenvalue weighted by molar-refractivity contribution is 6.39. The van der Waals surface area contributed by atoms with Crippen molar-refractivity contribution in [1.82, 2.24) is 4.98 Å². The number of ether oxygens (including phenoxy) is 1. The van der Waals surface area contributed by atoms with Gasteiger partial charge in [-0.3, -0.25) is 9.78 Å². The van der Waals surface area contributed by atoms with Crippen LogP contribution in [0.5, 0.6) is 5.75 Å². The zero-order chi connectivity index (χ0) is 20.4. The van der Waals surface area contributed by atoms with Gasteiger partial charge in [-0.2, -0.15) is 0 Å². The number of aromatic nitrogens is 1. The summed E-state index contributed by atoms with van der Waals surface area (Å²) >= 11 is 12.2. The van der Waals surface area contributed by atoms with E-state index in [0.29, 0.717) is 34.4 Å². The zero-order valence-corrected chi connectivity index (χ0v) is 16.9. The topological polar surface area (TPSA) is 64.4 Å². The summed E-state index contributed by atoms with van der Waals surface area (Å²) in [6.07, 6.45) is 3.44. The molecule has 0 bridgehead atoms. The van der Waals surface area contributed by atoms with Crippen molar-refractivity contribution in [2.45, 2.75) is 6.42 Å². The number of hydrogen-bond acceptors (Lipinski definition) is 4. The van der Waals surface area contributed by atoms with Gasteiger partial charge in [-0.05, 0) is 23.8 Å². The van der Waals surface area contributed by atoms with Gasteiger partial charge in [0.05, 0.1) is 28.4 Å². The van der Waals surface area contributed by atoms with Gasteiger partial charge in [0.2, 0.25) is 0 Å². The number of carbonyl (C=O) groups is 1. The average molecular weight is 427 g/mol. The minimum atomic E-state index is -0.361. The maximum absolute atomic E-state index is 13.0. The van der Waals surface area contributed by atoms with Crippen molar-refractivity contribution in [3.63, 3.8) is 0 Å². The van der Waals surface area contributed by atoms with Gasteiger partial charge < -0.3 is 14.5 Å². The molecule has 0 radical (unpaired) electrons. The van der Waals surface area contributed by atoms with E-state index >= 15 is 0 Å². The Hall–Kier alpha value is -3.02. The van der Waals surface area contributed by atoms with Crippen LogP contribution >= 0.6 is 23.2 Å². The number of fused-ring (bicyclic) bond motifs is 1. The maximum atomic E-state index is 13.0. The molecule has 29 heavy (non-hydrogen) atoms. The van der Waals surface area contributed by atoms with Crippen molar-refractivity contribution in [2.24, 2.45) is 0 Å². The van der Waals surface area contributed by atoms with Crippen LogP contribution in [0.3, 0.4) is 0 Å². The molecule has 2 heterocycles. The molecule has 1 amide bonds. The number of nitrogens with one attached hydrogen (secondary N) is 1. The molecule has 0 unspecified atom stereocenters. The summed E-state index contributed by atoms with van der Waals surface area (Å²) in [6, 6.07) is 15.2. The first kappa shape index (κ1) is 19.3. The zero-order valence-electron chi connectivity index (χ0n) is 15.4. The van der Waals surface area contributed by atoms with Gasteiger partial charge in [0, 0.05) is 24.2 Å². The fraction of sp³-hybridized carbons (Fsp3) is 0.0909. The molecule has 0 saturated carbocycles. The molecule has 1 N–H and O–H groups in total. The Morgan fingerprint density at radius 1 is 1.10 bits per heavy atom. The molecule has 0 aliphatic rings. The van der Waals surface area contributed by atoms with Crippen molar-refractivity contribution >= 4 is 45.8 Å². The molecule has 0 aliphatic heterocycles. The van der Waals surface area contributed by atoms with Crippen LogP contribution in [0.1, 0.15) is 21.7 Å². The maximum Gasteiger partial charge on any atom is 0.256 e. The summed E-state index contributed by atoms with van der Waals surface area (Å²) in [4.78, 5) is 16.9. The quantitative estimate of drug-likeness (QED) is 0.425. The van der Waals surface area contributed by atoms with Gasteiger partial charge >= 0.3 is 0 Å². The Morgan fingerprint density at radius 2 is 1.83 bits per heavy atom. The molecule has 0 saturated heterocycles.